The first-order chi connectivity index (χ1) is 7.41. The first kappa shape index (κ1) is 36.0. The standard InChI is InChI=1S/C6H6.C3H8.2C2H6.C2H5.CH4.U/c1-2-4-6-5-3-1;1-3-2;3*1-2;;/h1-6H;3H2,1-2H3;2*1-2H3;1H2,2H3;1H4;/q;;;;-1;;. The minimum atomic E-state index is 0. The van der Waals surface area contributed by atoms with Gasteiger partial charge in [0.15, 0.2) is 0 Å². The monoisotopic (exact) mass is 465 g/mol. The number of benzene rings is 1. The molecule has 0 amide bonds. The minimum absolute atomic E-state index is 0. The van der Waals surface area contributed by atoms with Gasteiger partial charge in [-0.05, 0) is 0 Å². The second kappa shape index (κ2) is 71.8. The molecule has 0 N–H and O–H groups in total. The molecular weight excluding hydrogens is 430 g/mol. The summed E-state index contributed by atoms with van der Waals surface area (Å²) in [4.78, 5) is 0. The van der Waals surface area contributed by atoms with Gasteiger partial charge < -0.3 is 6.92 Å². The van der Waals surface area contributed by atoms with E-state index in [2.05, 4.69) is 20.8 Å². The molecule has 0 heterocycles. The van der Waals surface area contributed by atoms with Crippen LogP contribution in [0.3, 0.4) is 0 Å². The summed E-state index contributed by atoms with van der Waals surface area (Å²) in [5.74, 6) is 0. The van der Waals surface area contributed by atoms with Crippen molar-refractivity contribution in [3.05, 3.63) is 43.3 Å². The third kappa shape index (κ3) is 84.3. The Balaban J connectivity index is -0.0000000244. The molecule has 1 aromatic rings. The first-order valence-electron chi connectivity index (χ1n) is 6.12. The van der Waals surface area contributed by atoms with Crippen LogP contribution in [0.15, 0.2) is 36.4 Å². The molecule has 0 unspecified atom stereocenters. The van der Waals surface area contributed by atoms with Crippen molar-refractivity contribution in [3.63, 3.8) is 0 Å². The van der Waals surface area contributed by atoms with Gasteiger partial charge in [0.2, 0.25) is 0 Å². The van der Waals surface area contributed by atoms with Crippen molar-refractivity contribution >= 4 is 0 Å². The average molecular weight is 465 g/mol. The summed E-state index contributed by atoms with van der Waals surface area (Å²) in [5.41, 5.74) is 0. The van der Waals surface area contributed by atoms with Gasteiger partial charge in [-0.2, -0.15) is 6.92 Å². The molecule has 0 nitrogen and oxygen atoms in total. The Morgan fingerprint density at radius 1 is 0.647 bits per heavy atom. The Bertz CT molecular complexity index is 88.4. The fraction of sp³-hybridized carbons (Fsp3) is 0.562. The Labute approximate surface area is 136 Å². The van der Waals surface area contributed by atoms with Gasteiger partial charge in [0.25, 0.3) is 0 Å². The molecule has 0 fully saturated rings. The van der Waals surface area contributed by atoms with Crippen LogP contribution in [0.4, 0.5) is 0 Å². The van der Waals surface area contributed by atoms with Crippen molar-refractivity contribution < 1.29 is 31.1 Å². The predicted octanol–water partition coefficient (Wildman–Crippen LogP) is 6.63. The summed E-state index contributed by atoms with van der Waals surface area (Å²) in [6.45, 7) is 17.2. The second-order valence-electron chi connectivity index (χ2n) is 1.86. The van der Waals surface area contributed by atoms with E-state index in [0.717, 1.165) is 0 Å². The van der Waals surface area contributed by atoms with E-state index in [1.54, 1.807) is 6.92 Å². The van der Waals surface area contributed by atoms with Gasteiger partial charge >= 0.3 is 0 Å². The van der Waals surface area contributed by atoms with Gasteiger partial charge in [-0.25, -0.2) is 0 Å². The van der Waals surface area contributed by atoms with Crippen LogP contribution in [0.25, 0.3) is 0 Å². The summed E-state index contributed by atoms with van der Waals surface area (Å²) >= 11 is 0. The van der Waals surface area contributed by atoms with E-state index in [1.165, 1.54) is 6.42 Å². The molecule has 0 aliphatic carbocycles. The van der Waals surface area contributed by atoms with Gasteiger partial charge in [0, 0.05) is 31.1 Å². The maximum Gasteiger partial charge on any atom is 0 e. The molecule has 104 valence electrons. The van der Waals surface area contributed by atoms with Gasteiger partial charge in [-0.15, -0.1) is 0 Å². The summed E-state index contributed by atoms with van der Waals surface area (Å²) in [7, 11) is 0. The molecule has 0 aliphatic rings. The number of hydrogen-bond acceptors (Lipinski definition) is 0. The van der Waals surface area contributed by atoms with Crippen LogP contribution < -0.4 is 0 Å². The van der Waals surface area contributed by atoms with Crippen LogP contribution in [0, 0.1) is 38.0 Å². The Hall–Kier alpha value is 0.272. The Kier molecular flexibility index (Phi) is 152. The van der Waals surface area contributed by atoms with Crippen LogP contribution >= 0.6 is 0 Å². The molecule has 1 heteroatoms. The first-order valence-corrected chi connectivity index (χ1v) is 6.12. The predicted molar refractivity (Wildman–Crippen MR) is 82.9 cm³/mol. The van der Waals surface area contributed by atoms with Gasteiger partial charge in [0.05, 0.1) is 0 Å². The molecule has 1 rings (SSSR count). The van der Waals surface area contributed by atoms with Crippen LogP contribution in [0.1, 0.15) is 62.3 Å². The molecular formula is C16H35U-. The Morgan fingerprint density at radius 3 is 0.765 bits per heavy atom. The van der Waals surface area contributed by atoms with Crippen molar-refractivity contribution in [2.75, 3.05) is 0 Å². The number of hydrogen-bond donors (Lipinski definition) is 0. The third-order valence-corrected chi connectivity index (χ3v) is 0.667. The summed E-state index contributed by atoms with van der Waals surface area (Å²) in [5, 5.41) is 0. The third-order valence-electron chi connectivity index (χ3n) is 0.667. The summed E-state index contributed by atoms with van der Waals surface area (Å²) in [6.07, 6.45) is 1.25. The van der Waals surface area contributed by atoms with E-state index < -0.39 is 0 Å². The average Bonchev–Trinajstić information content (AvgIpc) is 2.40. The SMILES string of the molecule is C.CC.CC.CCC.[CH2-]C.[U].c1ccccc1. The topological polar surface area (TPSA) is 0 Å². The molecule has 0 radical (unpaired) electrons. The van der Waals surface area contributed by atoms with E-state index in [4.69, 9.17) is 0 Å². The van der Waals surface area contributed by atoms with Crippen LogP contribution in [-0.2, 0) is 0 Å². The Morgan fingerprint density at radius 2 is 0.706 bits per heavy atom. The van der Waals surface area contributed by atoms with Crippen molar-refractivity contribution in [2.24, 2.45) is 0 Å². The molecule has 0 saturated heterocycles. The van der Waals surface area contributed by atoms with Crippen LogP contribution in [-0.4, -0.2) is 0 Å². The molecule has 1 aromatic carbocycles. The van der Waals surface area contributed by atoms with E-state index in [1.807, 2.05) is 64.1 Å². The molecule has 0 spiro atoms. The van der Waals surface area contributed by atoms with Gasteiger partial charge in [0.1, 0.15) is 0 Å². The van der Waals surface area contributed by atoms with Gasteiger partial charge in [-0.1, -0.05) is 91.8 Å². The molecule has 0 aliphatic heterocycles. The normalized spacial score (nSPS) is 4.94. The summed E-state index contributed by atoms with van der Waals surface area (Å²) in [6, 6.07) is 12.0. The van der Waals surface area contributed by atoms with Gasteiger partial charge in [-0.3, -0.25) is 0 Å². The maximum atomic E-state index is 3.25. The zero-order valence-electron chi connectivity index (χ0n) is 12.4. The largest absolute Gasteiger partial charge is 0.346 e. The minimum Gasteiger partial charge on any atom is -0.346 e. The van der Waals surface area contributed by atoms with E-state index in [-0.39, 0.29) is 38.5 Å². The van der Waals surface area contributed by atoms with Crippen molar-refractivity contribution in [2.45, 2.75) is 62.3 Å². The van der Waals surface area contributed by atoms with Crippen molar-refractivity contribution in [1.29, 1.82) is 0 Å². The van der Waals surface area contributed by atoms with E-state index >= 15 is 0 Å². The fourth-order valence-corrected chi connectivity index (χ4v) is 0.385. The molecule has 0 atom stereocenters. The zero-order chi connectivity index (χ0) is 12.9. The maximum absolute atomic E-state index is 3.25. The molecule has 0 bridgehead atoms. The molecule has 0 saturated carbocycles. The fourth-order valence-electron chi connectivity index (χ4n) is 0.385. The van der Waals surface area contributed by atoms with E-state index in [0.29, 0.717) is 0 Å². The van der Waals surface area contributed by atoms with E-state index in [9.17, 15) is 0 Å². The number of rotatable bonds is 0. The molecule has 17 heavy (non-hydrogen) atoms. The molecule has 0 aromatic heterocycles. The smallest absolute Gasteiger partial charge is 0 e. The van der Waals surface area contributed by atoms with Crippen molar-refractivity contribution in [1.82, 2.24) is 0 Å². The zero-order valence-corrected chi connectivity index (χ0v) is 16.5. The summed E-state index contributed by atoms with van der Waals surface area (Å²) < 4.78 is 0. The van der Waals surface area contributed by atoms with Crippen LogP contribution in [0.2, 0.25) is 0 Å². The van der Waals surface area contributed by atoms with Crippen LogP contribution in [0.5, 0.6) is 0 Å². The second-order valence-corrected chi connectivity index (χ2v) is 1.86. The van der Waals surface area contributed by atoms with Crippen molar-refractivity contribution in [3.8, 4) is 0 Å². The quantitative estimate of drug-likeness (QED) is 0.377.